The Morgan fingerprint density at radius 2 is 1.45 bits per heavy atom. The van der Waals surface area contributed by atoms with E-state index in [0.29, 0.717) is 11.4 Å². The summed E-state index contributed by atoms with van der Waals surface area (Å²) >= 11 is 5.90. The normalized spacial score (nSPS) is 23.4. The lowest BCUT2D eigenvalue weighted by molar-refractivity contribution is -0.127. The van der Waals surface area contributed by atoms with Gasteiger partial charge in [-0.3, -0.25) is 4.79 Å². The first-order valence-electron chi connectivity index (χ1n) is 8.65. The van der Waals surface area contributed by atoms with E-state index in [4.69, 9.17) is 11.6 Å². The number of benzene rings is 1. The van der Waals surface area contributed by atoms with Crippen LogP contribution in [0.1, 0.15) is 75.9 Å². The summed E-state index contributed by atoms with van der Waals surface area (Å²) in [5.41, 5.74) is 0.801. The number of ketones is 1. The van der Waals surface area contributed by atoms with Crippen molar-refractivity contribution in [2.24, 2.45) is 5.92 Å². The van der Waals surface area contributed by atoms with Crippen molar-refractivity contribution in [1.82, 2.24) is 0 Å². The average Bonchev–Trinajstić information content (AvgIpc) is 2.51. The van der Waals surface area contributed by atoms with Crippen LogP contribution in [0.5, 0.6) is 0 Å². The minimum atomic E-state index is -0.701. The Balaban J connectivity index is 2.04. The zero-order valence-corrected chi connectivity index (χ0v) is 14.0. The van der Waals surface area contributed by atoms with Crippen LogP contribution in [0, 0.1) is 5.92 Å². The molecule has 0 spiro atoms. The summed E-state index contributed by atoms with van der Waals surface area (Å²) in [7, 11) is 0. The molecule has 0 radical (unpaired) electrons. The van der Waals surface area contributed by atoms with E-state index in [1.165, 1.54) is 25.7 Å². The van der Waals surface area contributed by atoms with Gasteiger partial charge in [0.25, 0.3) is 0 Å². The third kappa shape index (κ3) is 5.40. The van der Waals surface area contributed by atoms with Gasteiger partial charge in [-0.1, -0.05) is 68.7 Å². The van der Waals surface area contributed by atoms with Crippen LogP contribution in [0.4, 0.5) is 0 Å². The summed E-state index contributed by atoms with van der Waals surface area (Å²) in [4.78, 5) is 12.5. The van der Waals surface area contributed by atoms with Crippen LogP contribution in [0.25, 0.3) is 0 Å². The number of halogens is 1. The molecule has 1 fully saturated rings. The van der Waals surface area contributed by atoms with Crippen LogP contribution in [0.3, 0.4) is 0 Å². The summed E-state index contributed by atoms with van der Waals surface area (Å²) in [5.74, 6) is -0.0383. The van der Waals surface area contributed by atoms with Crippen molar-refractivity contribution in [1.29, 1.82) is 0 Å². The van der Waals surface area contributed by atoms with Gasteiger partial charge in [0.1, 0.15) is 5.78 Å². The number of hydrogen-bond acceptors (Lipinski definition) is 2. The lowest BCUT2D eigenvalue weighted by Crippen LogP contribution is -2.22. The van der Waals surface area contributed by atoms with Crippen LogP contribution in [0.15, 0.2) is 24.3 Å². The summed E-state index contributed by atoms with van der Waals surface area (Å²) in [6.07, 6.45) is 10.1. The number of carbonyl (C=O) groups excluding carboxylic acids is 1. The van der Waals surface area contributed by atoms with Crippen molar-refractivity contribution in [2.75, 3.05) is 0 Å². The van der Waals surface area contributed by atoms with E-state index >= 15 is 0 Å². The Kier molecular flexibility index (Phi) is 7.41. The molecule has 1 aliphatic rings. The molecule has 122 valence electrons. The van der Waals surface area contributed by atoms with Gasteiger partial charge in [-0.25, -0.2) is 0 Å². The highest BCUT2D eigenvalue weighted by Gasteiger charge is 2.27. The lowest BCUT2D eigenvalue weighted by atomic mass is 9.85. The Morgan fingerprint density at radius 1 is 0.909 bits per heavy atom. The van der Waals surface area contributed by atoms with Gasteiger partial charge in [0.2, 0.25) is 0 Å². The van der Waals surface area contributed by atoms with Crippen LogP contribution in [-0.2, 0) is 4.79 Å². The first-order chi connectivity index (χ1) is 10.7. The number of aliphatic hydroxyl groups is 1. The van der Waals surface area contributed by atoms with E-state index in [-0.39, 0.29) is 11.7 Å². The van der Waals surface area contributed by atoms with Crippen molar-refractivity contribution in [3.05, 3.63) is 34.9 Å². The minimum absolute atomic E-state index is 0.225. The molecule has 1 aliphatic carbocycles. The second-order valence-corrected chi connectivity index (χ2v) is 6.87. The molecule has 0 aliphatic heterocycles. The summed E-state index contributed by atoms with van der Waals surface area (Å²) in [6, 6.07) is 7.22. The molecule has 1 aromatic rings. The van der Waals surface area contributed by atoms with Gasteiger partial charge in [-0.15, -0.1) is 0 Å². The summed E-state index contributed by atoms with van der Waals surface area (Å²) < 4.78 is 0. The average molecular weight is 323 g/mol. The smallest absolute Gasteiger partial charge is 0.138 e. The maximum absolute atomic E-state index is 12.5. The second-order valence-electron chi connectivity index (χ2n) is 6.44. The summed E-state index contributed by atoms with van der Waals surface area (Å²) in [6.45, 7) is 0. The second kappa shape index (κ2) is 9.32. The van der Waals surface area contributed by atoms with Crippen molar-refractivity contribution in [3.63, 3.8) is 0 Å². The topological polar surface area (TPSA) is 37.3 Å². The highest BCUT2D eigenvalue weighted by Crippen LogP contribution is 2.30. The van der Waals surface area contributed by atoms with Crippen molar-refractivity contribution in [3.8, 4) is 0 Å². The highest BCUT2D eigenvalue weighted by molar-refractivity contribution is 6.30. The molecule has 0 saturated heterocycles. The molecular formula is C19H27ClO2. The fraction of sp³-hybridized carbons (Fsp3) is 0.632. The van der Waals surface area contributed by atoms with Crippen LogP contribution < -0.4 is 0 Å². The molecule has 0 amide bonds. The molecule has 0 bridgehead atoms. The van der Waals surface area contributed by atoms with Gasteiger partial charge in [0.05, 0.1) is 6.10 Å². The zero-order valence-electron chi connectivity index (χ0n) is 13.3. The Bertz CT molecular complexity index is 455. The van der Waals surface area contributed by atoms with Crippen molar-refractivity contribution >= 4 is 17.4 Å². The quantitative estimate of drug-likeness (QED) is 0.783. The van der Waals surface area contributed by atoms with Crippen LogP contribution in [0.2, 0.25) is 5.02 Å². The third-order valence-electron chi connectivity index (χ3n) is 4.69. The minimum Gasteiger partial charge on any atom is -0.388 e. The SMILES string of the molecule is O=C1CCCCCCCCCC[C@@H]1[C@H](O)c1ccc(Cl)cc1. The maximum atomic E-state index is 12.5. The molecule has 1 N–H and O–H groups in total. The number of aliphatic hydroxyl groups excluding tert-OH is 1. The van der Waals surface area contributed by atoms with Gasteiger partial charge in [-0.05, 0) is 30.5 Å². The van der Waals surface area contributed by atoms with E-state index in [1.807, 2.05) is 12.1 Å². The van der Waals surface area contributed by atoms with Gasteiger partial charge in [0, 0.05) is 17.4 Å². The Hall–Kier alpha value is -0.860. The number of rotatable bonds is 2. The number of Topliss-reactive ketones (excluding diaryl/α,β-unsaturated/α-hetero) is 1. The first kappa shape index (κ1) is 17.5. The molecule has 2 atom stereocenters. The maximum Gasteiger partial charge on any atom is 0.138 e. The predicted molar refractivity (Wildman–Crippen MR) is 91.1 cm³/mol. The Labute approximate surface area is 138 Å². The van der Waals surface area contributed by atoms with E-state index < -0.39 is 6.10 Å². The van der Waals surface area contributed by atoms with E-state index in [2.05, 4.69) is 0 Å². The molecule has 0 unspecified atom stereocenters. The molecule has 1 aromatic carbocycles. The van der Waals surface area contributed by atoms with Gasteiger partial charge >= 0.3 is 0 Å². The largest absolute Gasteiger partial charge is 0.388 e. The van der Waals surface area contributed by atoms with Crippen LogP contribution >= 0.6 is 11.6 Å². The standard InChI is InChI=1S/C19H27ClO2/c20-16-13-11-15(12-14-16)19(22)17-9-7-5-3-1-2-4-6-8-10-18(17)21/h11-14,17,19,22H,1-10H2/t17-,19+/m0/s1. The molecule has 2 rings (SSSR count). The van der Waals surface area contributed by atoms with Crippen molar-refractivity contribution in [2.45, 2.75) is 70.3 Å². The lowest BCUT2D eigenvalue weighted by Gasteiger charge is -2.23. The van der Waals surface area contributed by atoms with Crippen molar-refractivity contribution < 1.29 is 9.90 Å². The van der Waals surface area contributed by atoms with Crippen LogP contribution in [-0.4, -0.2) is 10.9 Å². The fourth-order valence-corrected chi connectivity index (χ4v) is 3.42. The van der Waals surface area contributed by atoms with E-state index in [0.717, 1.165) is 37.7 Å². The van der Waals surface area contributed by atoms with E-state index in [9.17, 15) is 9.90 Å². The molecular weight excluding hydrogens is 296 g/mol. The summed E-state index contributed by atoms with van der Waals surface area (Å²) in [5, 5.41) is 11.3. The van der Waals surface area contributed by atoms with Gasteiger partial charge < -0.3 is 5.11 Å². The number of carbonyl (C=O) groups is 1. The molecule has 22 heavy (non-hydrogen) atoms. The molecule has 0 aromatic heterocycles. The predicted octanol–water partition coefficient (Wildman–Crippen LogP) is 5.47. The fourth-order valence-electron chi connectivity index (χ4n) is 3.30. The van der Waals surface area contributed by atoms with Gasteiger partial charge in [0.15, 0.2) is 0 Å². The highest BCUT2D eigenvalue weighted by atomic mass is 35.5. The molecule has 0 heterocycles. The first-order valence-corrected chi connectivity index (χ1v) is 9.02. The van der Waals surface area contributed by atoms with E-state index in [1.54, 1.807) is 12.1 Å². The zero-order chi connectivity index (χ0) is 15.8. The molecule has 2 nitrogen and oxygen atoms in total. The monoisotopic (exact) mass is 322 g/mol. The van der Waals surface area contributed by atoms with Gasteiger partial charge in [-0.2, -0.15) is 0 Å². The molecule has 3 heteroatoms. The Morgan fingerprint density at radius 3 is 2.09 bits per heavy atom. The number of hydrogen-bond donors (Lipinski definition) is 1. The molecule has 1 saturated carbocycles. The third-order valence-corrected chi connectivity index (χ3v) is 4.95.